The Morgan fingerprint density at radius 3 is 2.83 bits per heavy atom. The smallest absolute Gasteiger partial charge is 0.257 e. The number of methoxy groups -OCH3 is 1. The molecule has 5 nitrogen and oxygen atoms in total. The van der Waals surface area contributed by atoms with Crippen LogP contribution >= 0.6 is 0 Å². The molecule has 0 unspecified atom stereocenters. The van der Waals surface area contributed by atoms with E-state index in [-0.39, 0.29) is 19.1 Å². The fourth-order valence-corrected chi connectivity index (χ4v) is 1.40. The number of carbonyl (C=O) groups excluding carboxylic acids is 1. The van der Waals surface area contributed by atoms with E-state index in [1.165, 1.54) is 0 Å². The molecule has 18 heavy (non-hydrogen) atoms. The number of aryl methyl sites for hydroxylation is 1. The van der Waals surface area contributed by atoms with Crippen LogP contribution in [0.1, 0.15) is 12.0 Å². The molecule has 0 aliphatic carbocycles. The summed E-state index contributed by atoms with van der Waals surface area (Å²) in [6.45, 7) is 2.40. The molecule has 0 radical (unpaired) electrons. The van der Waals surface area contributed by atoms with E-state index in [0.29, 0.717) is 24.5 Å². The van der Waals surface area contributed by atoms with Crippen LogP contribution in [-0.4, -0.2) is 37.9 Å². The van der Waals surface area contributed by atoms with E-state index in [9.17, 15) is 4.79 Å². The lowest BCUT2D eigenvalue weighted by Crippen LogP contribution is -2.30. The Balaban J connectivity index is 2.45. The fraction of sp³-hybridized carbons (Fsp3) is 0.462. The van der Waals surface area contributed by atoms with Crippen molar-refractivity contribution in [2.24, 2.45) is 0 Å². The van der Waals surface area contributed by atoms with Crippen molar-refractivity contribution in [3.05, 3.63) is 23.8 Å². The Hall–Kier alpha value is -1.75. The first-order chi connectivity index (χ1) is 8.67. The molecule has 0 aliphatic heterocycles. The van der Waals surface area contributed by atoms with Crippen molar-refractivity contribution in [1.29, 1.82) is 0 Å². The highest BCUT2D eigenvalue weighted by Gasteiger charge is 2.07. The normalized spacial score (nSPS) is 9.94. The number of aliphatic hydroxyl groups excluding tert-OH is 1. The van der Waals surface area contributed by atoms with E-state index in [4.69, 9.17) is 14.6 Å². The van der Waals surface area contributed by atoms with E-state index >= 15 is 0 Å². The minimum absolute atomic E-state index is 0.0624. The highest BCUT2D eigenvalue weighted by molar-refractivity contribution is 5.77. The molecule has 1 aromatic rings. The molecule has 0 aromatic heterocycles. The average molecular weight is 253 g/mol. The van der Waals surface area contributed by atoms with Crippen LogP contribution < -0.4 is 14.8 Å². The fourth-order valence-electron chi connectivity index (χ4n) is 1.40. The van der Waals surface area contributed by atoms with Gasteiger partial charge in [-0.25, -0.2) is 0 Å². The summed E-state index contributed by atoms with van der Waals surface area (Å²) in [5.41, 5.74) is 1.06. The third-order valence-electron chi connectivity index (χ3n) is 2.33. The summed E-state index contributed by atoms with van der Waals surface area (Å²) in [4.78, 5) is 11.4. The van der Waals surface area contributed by atoms with Crippen molar-refractivity contribution in [1.82, 2.24) is 5.32 Å². The number of ether oxygens (including phenoxy) is 2. The largest absolute Gasteiger partial charge is 0.493 e. The maximum Gasteiger partial charge on any atom is 0.257 e. The molecule has 0 fully saturated rings. The Morgan fingerprint density at radius 1 is 1.39 bits per heavy atom. The number of nitrogens with one attached hydrogen (secondary N) is 1. The number of rotatable bonds is 7. The SMILES string of the molecule is COc1cc(C)ccc1OCC(=O)NCCCO. The van der Waals surface area contributed by atoms with E-state index in [1.54, 1.807) is 13.2 Å². The predicted octanol–water partition coefficient (Wildman–Crippen LogP) is 0.881. The lowest BCUT2D eigenvalue weighted by atomic mass is 10.2. The summed E-state index contributed by atoms with van der Waals surface area (Å²) in [6, 6.07) is 5.51. The molecular weight excluding hydrogens is 234 g/mol. The number of benzene rings is 1. The van der Waals surface area contributed by atoms with Gasteiger partial charge in [-0.05, 0) is 31.0 Å². The van der Waals surface area contributed by atoms with E-state index in [2.05, 4.69) is 5.32 Å². The Labute approximate surface area is 107 Å². The van der Waals surface area contributed by atoms with E-state index in [1.807, 2.05) is 19.1 Å². The highest BCUT2D eigenvalue weighted by Crippen LogP contribution is 2.27. The first-order valence-electron chi connectivity index (χ1n) is 5.82. The summed E-state index contributed by atoms with van der Waals surface area (Å²) in [5, 5.41) is 11.2. The Kier molecular flexibility index (Phi) is 6.00. The van der Waals surface area contributed by atoms with Crippen molar-refractivity contribution in [3.63, 3.8) is 0 Å². The van der Waals surface area contributed by atoms with Crippen LogP contribution in [0.15, 0.2) is 18.2 Å². The topological polar surface area (TPSA) is 67.8 Å². The number of hydrogen-bond donors (Lipinski definition) is 2. The number of amides is 1. The molecule has 2 N–H and O–H groups in total. The molecule has 0 spiro atoms. The van der Waals surface area contributed by atoms with Gasteiger partial charge in [0, 0.05) is 13.2 Å². The molecule has 1 aromatic carbocycles. The summed E-state index contributed by atoms with van der Waals surface area (Å²) < 4.78 is 10.5. The summed E-state index contributed by atoms with van der Waals surface area (Å²) in [7, 11) is 1.56. The van der Waals surface area contributed by atoms with E-state index in [0.717, 1.165) is 5.56 Å². The van der Waals surface area contributed by atoms with Gasteiger partial charge in [0.15, 0.2) is 18.1 Å². The van der Waals surface area contributed by atoms with Crippen LogP contribution in [0.2, 0.25) is 0 Å². The van der Waals surface area contributed by atoms with Crippen LogP contribution in [0.4, 0.5) is 0 Å². The zero-order valence-corrected chi connectivity index (χ0v) is 10.7. The van der Waals surface area contributed by atoms with Crippen molar-refractivity contribution >= 4 is 5.91 Å². The lowest BCUT2D eigenvalue weighted by Gasteiger charge is -2.11. The van der Waals surface area contributed by atoms with Crippen LogP contribution in [0.5, 0.6) is 11.5 Å². The second kappa shape index (κ2) is 7.55. The van der Waals surface area contributed by atoms with Gasteiger partial charge in [-0.15, -0.1) is 0 Å². The van der Waals surface area contributed by atoms with Gasteiger partial charge in [0.2, 0.25) is 0 Å². The summed E-state index contributed by atoms with van der Waals surface area (Å²) in [6.07, 6.45) is 0.541. The lowest BCUT2D eigenvalue weighted by molar-refractivity contribution is -0.123. The van der Waals surface area contributed by atoms with Crippen LogP contribution in [-0.2, 0) is 4.79 Å². The van der Waals surface area contributed by atoms with Gasteiger partial charge in [0.05, 0.1) is 7.11 Å². The first-order valence-corrected chi connectivity index (χ1v) is 5.82. The quantitative estimate of drug-likeness (QED) is 0.708. The second-order valence-corrected chi connectivity index (χ2v) is 3.87. The van der Waals surface area contributed by atoms with Gasteiger partial charge in [0.1, 0.15) is 0 Å². The van der Waals surface area contributed by atoms with Crippen molar-refractivity contribution in [2.45, 2.75) is 13.3 Å². The van der Waals surface area contributed by atoms with Crippen molar-refractivity contribution in [3.8, 4) is 11.5 Å². The molecule has 5 heteroatoms. The van der Waals surface area contributed by atoms with Gasteiger partial charge < -0.3 is 19.9 Å². The van der Waals surface area contributed by atoms with Gasteiger partial charge in [-0.2, -0.15) is 0 Å². The predicted molar refractivity (Wildman–Crippen MR) is 67.9 cm³/mol. The molecule has 0 atom stereocenters. The molecule has 0 saturated carbocycles. The molecule has 0 bridgehead atoms. The number of hydrogen-bond acceptors (Lipinski definition) is 4. The minimum atomic E-state index is -0.217. The highest BCUT2D eigenvalue weighted by atomic mass is 16.5. The Bertz CT molecular complexity index is 393. The zero-order chi connectivity index (χ0) is 13.4. The second-order valence-electron chi connectivity index (χ2n) is 3.87. The third kappa shape index (κ3) is 4.63. The Morgan fingerprint density at radius 2 is 2.17 bits per heavy atom. The maximum atomic E-state index is 11.4. The summed E-state index contributed by atoms with van der Waals surface area (Å²) in [5.74, 6) is 0.935. The molecule has 0 heterocycles. The maximum absolute atomic E-state index is 11.4. The van der Waals surface area contributed by atoms with Crippen LogP contribution in [0.25, 0.3) is 0 Å². The van der Waals surface area contributed by atoms with Crippen molar-refractivity contribution < 1.29 is 19.4 Å². The van der Waals surface area contributed by atoms with Gasteiger partial charge >= 0.3 is 0 Å². The molecular formula is C13H19NO4. The number of aliphatic hydroxyl groups is 1. The number of carbonyl (C=O) groups is 1. The monoisotopic (exact) mass is 253 g/mol. The molecule has 1 amide bonds. The summed E-state index contributed by atoms with van der Waals surface area (Å²) >= 11 is 0. The minimum Gasteiger partial charge on any atom is -0.493 e. The zero-order valence-electron chi connectivity index (χ0n) is 10.7. The van der Waals surface area contributed by atoms with E-state index < -0.39 is 0 Å². The standard InChI is InChI=1S/C13H19NO4/c1-10-4-5-11(12(8-10)17-2)18-9-13(16)14-6-3-7-15/h4-5,8,15H,3,6-7,9H2,1-2H3,(H,14,16). The average Bonchev–Trinajstić information content (AvgIpc) is 2.37. The van der Waals surface area contributed by atoms with Crippen LogP contribution in [0, 0.1) is 6.92 Å². The van der Waals surface area contributed by atoms with Crippen molar-refractivity contribution in [2.75, 3.05) is 26.9 Å². The van der Waals surface area contributed by atoms with Crippen LogP contribution in [0.3, 0.4) is 0 Å². The molecule has 1 rings (SSSR count). The third-order valence-corrected chi connectivity index (χ3v) is 2.33. The first kappa shape index (κ1) is 14.3. The molecule has 100 valence electrons. The van der Waals surface area contributed by atoms with Gasteiger partial charge in [-0.1, -0.05) is 6.07 Å². The molecule has 0 aliphatic rings. The van der Waals surface area contributed by atoms with Gasteiger partial charge in [-0.3, -0.25) is 4.79 Å². The van der Waals surface area contributed by atoms with Gasteiger partial charge in [0.25, 0.3) is 5.91 Å². The molecule has 0 saturated heterocycles.